The van der Waals surface area contributed by atoms with E-state index in [-0.39, 0.29) is 12.3 Å². The van der Waals surface area contributed by atoms with E-state index >= 15 is 0 Å². The molecule has 0 aliphatic carbocycles. The summed E-state index contributed by atoms with van der Waals surface area (Å²) in [5, 5.41) is 13.2. The topological polar surface area (TPSA) is 71.5 Å². The lowest BCUT2D eigenvalue weighted by molar-refractivity contribution is -0.120. The molecule has 2 aromatic rings. The lowest BCUT2D eigenvalue weighted by Gasteiger charge is -2.23. The summed E-state index contributed by atoms with van der Waals surface area (Å²) in [6.45, 7) is 3.50. The van der Waals surface area contributed by atoms with Crippen LogP contribution in [-0.4, -0.2) is 23.1 Å². The summed E-state index contributed by atoms with van der Waals surface area (Å²) in [4.78, 5) is 16.3. The van der Waals surface area contributed by atoms with Crippen LogP contribution >= 0.6 is 0 Å². The second-order valence-corrected chi connectivity index (χ2v) is 5.43. The van der Waals surface area contributed by atoms with E-state index in [9.17, 15) is 9.90 Å². The first-order valence-electron chi connectivity index (χ1n) is 7.01. The fraction of sp³-hybridized carbons (Fsp3) is 0.294. The molecule has 0 bridgehead atoms. The van der Waals surface area contributed by atoms with Gasteiger partial charge in [-0.1, -0.05) is 30.3 Å². The van der Waals surface area contributed by atoms with Gasteiger partial charge in [0.1, 0.15) is 5.69 Å². The predicted molar refractivity (Wildman–Crippen MR) is 84.8 cm³/mol. The Morgan fingerprint density at radius 3 is 2.68 bits per heavy atom. The van der Waals surface area contributed by atoms with Gasteiger partial charge in [0.05, 0.1) is 19.1 Å². The molecule has 22 heavy (non-hydrogen) atoms. The van der Waals surface area contributed by atoms with E-state index in [1.165, 1.54) is 7.11 Å². The van der Waals surface area contributed by atoms with Crippen LogP contribution in [0.1, 0.15) is 24.5 Å². The monoisotopic (exact) mass is 300 g/mol. The van der Waals surface area contributed by atoms with Crippen molar-refractivity contribution < 1.29 is 14.6 Å². The molecule has 116 valence electrons. The van der Waals surface area contributed by atoms with Crippen LogP contribution in [0.2, 0.25) is 0 Å². The Morgan fingerprint density at radius 1 is 1.36 bits per heavy atom. The van der Waals surface area contributed by atoms with Gasteiger partial charge in [-0.3, -0.25) is 4.79 Å². The lowest BCUT2D eigenvalue weighted by atomic mass is 9.92. The van der Waals surface area contributed by atoms with E-state index in [1.807, 2.05) is 25.1 Å². The summed E-state index contributed by atoms with van der Waals surface area (Å²) in [6.07, 6.45) is 1.60. The zero-order valence-electron chi connectivity index (χ0n) is 13.0. The number of aliphatic hydroxyl groups is 1. The Balaban J connectivity index is 2.12. The second kappa shape index (κ2) is 6.58. The number of ether oxygens (including phenoxy) is 1. The highest BCUT2D eigenvalue weighted by molar-refractivity contribution is 5.92. The fourth-order valence-corrected chi connectivity index (χ4v) is 2.22. The highest BCUT2D eigenvalue weighted by Gasteiger charge is 2.26. The van der Waals surface area contributed by atoms with Crippen LogP contribution in [-0.2, 0) is 10.4 Å². The van der Waals surface area contributed by atoms with E-state index < -0.39 is 5.60 Å². The lowest BCUT2D eigenvalue weighted by Crippen LogP contribution is -2.28. The maximum Gasteiger partial charge on any atom is 0.237 e. The van der Waals surface area contributed by atoms with Crippen LogP contribution in [0, 0.1) is 6.92 Å². The summed E-state index contributed by atoms with van der Waals surface area (Å²) >= 11 is 0. The number of methoxy groups -OCH3 is 1. The van der Waals surface area contributed by atoms with Gasteiger partial charge in [-0.2, -0.15) is 0 Å². The van der Waals surface area contributed by atoms with Crippen molar-refractivity contribution in [1.82, 2.24) is 4.98 Å². The molecule has 0 aliphatic rings. The highest BCUT2D eigenvalue weighted by atomic mass is 16.5. The molecule has 0 fully saturated rings. The van der Waals surface area contributed by atoms with Crippen molar-refractivity contribution in [1.29, 1.82) is 0 Å². The van der Waals surface area contributed by atoms with Crippen molar-refractivity contribution in [3.8, 4) is 5.88 Å². The third-order valence-corrected chi connectivity index (χ3v) is 3.36. The number of benzene rings is 1. The average molecular weight is 300 g/mol. The van der Waals surface area contributed by atoms with Gasteiger partial charge in [0.25, 0.3) is 0 Å². The van der Waals surface area contributed by atoms with Crippen molar-refractivity contribution in [3.05, 3.63) is 53.7 Å². The molecule has 1 aromatic carbocycles. The van der Waals surface area contributed by atoms with Gasteiger partial charge in [0, 0.05) is 6.20 Å². The maximum atomic E-state index is 12.2. The van der Waals surface area contributed by atoms with Gasteiger partial charge in [0.2, 0.25) is 11.8 Å². The van der Waals surface area contributed by atoms with Crippen molar-refractivity contribution in [3.63, 3.8) is 0 Å². The van der Waals surface area contributed by atoms with Crippen molar-refractivity contribution in [2.75, 3.05) is 12.4 Å². The zero-order chi connectivity index (χ0) is 16.2. The number of carbonyl (C=O) groups excluding carboxylic acids is 1. The Bertz CT molecular complexity index is 654. The number of rotatable bonds is 5. The summed E-state index contributed by atoms with van der Waals surface area (Å²) in [5.41, 5.74) is 0.859. The minimum Gasteiger partial charge on any atom is -0.480 e. The van der Waals surface area contributed by atoms with Gasteiger partial charge < -0.3 is 15.2 Å². The molecule has 0 saturated carbocycles. The van der Waals surface area contributed by atoms with Crippen LogP contribution < -0.4 is 10.1 Å². The summed E-state index contributed by atoms with van der Waals surface area (Å²) < 4.78 is 5.13. The molecule has 0 saturated heterocycles. The number of pyridine rings is 1. The number of hydrogen-bond acceptors (Lipinski definition) is 4. The molecule has 1 unspecified atom stereocenters. The van der Waals surface area contributed by atoms with Gasteiger partial charge in [-0.25, -0.2) is 4.98 Å². The zero-order valence-corrected chi connectivity index (χ0v) is 13.0. The van der Waals surface area contributed by atoms with Crippen LogP contribution in [0.25, 0.3) is 0 Å². The smallest absolute Gasteiger partial charge is 0.237 e. The van der Waals surface area contributed by atoms with Crippen LogP contribution in [0.4, 0.5) is 5.69 Å². The quantitative estimate of drug-likeness (QED) is 0.890. The molecule has 5 nitrogen and oxygen atoms in total. The number of anilines is 1. The van der Waals surface area contributed by atoms with Crippen molar-refractivity contribution in [2.24, 2.45) is 0 Å². The van der Waals surface area contributed by atoms with E-state index in [0.29, 0.717) is 17.1 Å². The molecule has 5 heteroatoms. The number of amides is 1. The number of nitrogens with one attached hydrogen (secondary N) is 1. The molecule has 2 N–H and O–H groups in total. The highest BCUT2D eigenvalue weighted by Crippen LogP contribution is 2.27. The first-order valence-corrected chi connectivity index (χ1v) is 7.01. The normalized spacial score (nSPS) is 13.3. The minimum absolute atomic E-state index is 0.0614. The Morgan fingerprint density at radius 2 is 2.05 bits per heavy atom. The van der Waals surface area contributed by atoms with E-state index in [4.69, 9.17) is 4.74 Å². The SMILES string of the molecule is COc1ncc(C)cc1NC(=O)CC(C)(O)c1ccccc1. The van der Waals surface area contributed by atoms with E-state index in [1.54, 1.807) is 31.3 Å². The molecule has 0 spiro atoms. The molecular weight excluding hydrogens is 280 g/mol. The molecule has 1 aromatic heterocycles. The number of aromatic nitrogens is 1. The summed E-state index contributed by atoms with van der Waals surface area (Å²) in [5.74, 6) is 0.0397. The van der Waals surface area contributed by atoms with Gasteiger partial charge >= 0.3 is 0 Å². The summed E-state index contributed by atoms with van der Waals surface area (Å²) in [7, 11) is 1.49. The van der Waals surface area contributed by atoms with Crippen molar-refractivity contribution >= 4 is 11.6 Å². The van der Waals surface area contributed by atoms with Crippen LogP contribution in [0.3, 0.4) is 0 Å². The maximum absolute atomic E-state index is 12.2. The van der Waals surface area contributed by atoms with Crippen LogP contribution in [0.15, 0.2) is 42.6 Å². The third kappa shape index (κ3) is 3.83. The molecule has 2 rings (SSSR count). The molecule has 0 radical (unpaired) electrons. The van der Waals surface area contributed by atoms with E-state index in [0.717, 1.165) is 5.56 Å². The largest absolute Gasteiger partial charge is 0.480 e. The van der Waals surface area contributed by atoms with E-state index in [2.05, 4.69) is 10.3 Å². The summed E-state index contributed by atoms with van der Waals surface area (Å²) in [6, 6.07) is 10.9. The molecular formula is C17H20N2O3. The Labute approximate surface area is 130 Å². The number of aryl methyl sites for hydroxylation is 1. The predicted octanol–water partition coefficient (Wildman–Crippen LogP) is 2.63. The molecule has 1 amide bonds. The first kappa shape index (κ1) is 16.0. The Kier molecular flexibility index (Phi) is 4.78. The third-order valence-electron chi connectivity index (χ3n) is 3.36. The number of hydrogen-bond donors (Lipinski definition) is 2. The molecule has 1 heterocycles. The first-order chi connectivity index (χ1) is 10.4. The number of carbonyl (C=O) groups is 1. The van der Waals surface area contributed by atoms with Gasteiger partial charge in [0.15, 0.2) is 0 Å². The second-order valence-electron chi connectivity index (χ2n) is 5.43. The Hall–Kier alpha value is -2.40. The van der Waals surface area contributed by atoms with Crippen molar-refractivity contribution in [2.45, 2.75) is 25.9 Å². The fourth-order valence-electron chi connectivity index (χ4n) is 2.22. The number of nitrogens with zero attached hydrogens (tertiary/aromatic N) is 1. The van der Waals surface area contributed by atoms with Crippen LogP contribution in [0.5, 0.6) is 5.88 Å². The van der Waals surface area contributed by atoms with Gasteiger partial charge in [-0.05, 0) is 31.0 Å². The molecule has 0 aliphatic heterocycles. The minimum atomic E-state index is -1.24. The molecule has 1 atom stereocenters. The van der Waals surface area contributed by atoms with Gasteiger partial charge in [-0.15, -0.1) is 0 Å². The standard InChI is InChI=1S/C17H20N2O3/c1-12-9-14(16(22-3)18-11-12)19-15(20)10-17(2,21)13-7-5-4-6-8-13/h4-9,11,21H,10H2,1-3H3,(H,19,20). The average Bonchev–Trinajstić information content (AvgIpc) is 2.48.